The summed E-state index contributed by atoms with van der Waals surface area (Å²) in [4.78, 5) is 14.2. The van der Waals surface area contributed by atoms with Gasteiger partial charge < -0.3 is 20.5 Å². The third kappa shape index (κ3) is 2.12. The summed E-state index contributed by atoms with van der Waals surface area (Å²) < 4.78 is 4.86. The quantitative estimate of drug-likeness (QED) is 0.633. The number of piperidine rings is 1. The Bertz CT molecular complexity index is 518. The Labute approximate surface area is 118 Å². The number of hydrogen-bond donors (Lipinski definition) is 2. The van der Waals surface area contributed by atoms with Gasteiger partial charge in [-0.15, -0.1) is 0 Å². The van der Waals surface area contributed by atoms with Crippen molar-refractivity contribution < 1.29 is 14.6 Å². The molecule has 2 bridgehead atoms. The van der Waals surface area contributed by atoms with Crippen LogP contribution in [0.25, 0.3) is 0 Å². The number of ether oxygens (including phenoxy) is 1. The third-order valence-electron chi connectivity index (χ3n) is 4.41. The minimum Gasteiger partial charge on any atom is -0.465 e. The zero-order chi connectivity index (χ0) is 14.3. The number of carbonyl (C=O) groups is 1. The number of nitrogens with zero attached hydrogens (tertiary/aromatic N) is 1. The molecule has 0 aliphatic carbocycles. The normalized spacial score (nSPS) is 28.5. The first-order chi connectivity index (χ1) is 9.60. The van der Waals surface area contributed by atoms with E-state index in [1.165, 1.54) is 7.11 Å². The van der Waals surface area contributed by atoms with Crippen LogP contribution < -0.4 is 10.6 Å². The van der Waals surface area contributed by atoms with Gasteiger partial charge in [-0.05, 0) is 43.9 Å². The van der Waals surface area contributed by atoms with E-state index < -0.39 is 0 Å². The third-order valence-corrected chi connectivity index (χ3v) is 4.41. The van der Waals surface area contributed by atoms with E-state index in [0.717, 1.165) is 31.4 Å². The zero-order valence-electron chi connectivity index (χ0n) is 11.6. The van der Waals surface area contributed by atoms with Gasteiger partial charge in [-0.3, -0.25) is 0 Å². The van der Waals surface area contributed by atoms with Crippen LogP contribution in [-0.2, 0) is 4.74 Å². The number of anilines is 2. The molecule has 1 aromatic rings. The van der Waals surface area contributed by atoms with Crippen LogP contribution in [0.15, 0.2) is 18.2 Å². The molecule has 5 heteroatoms. The summed E-state index contributed by atoms with van der Waals surface area (Å²) in [7, 11) is 1.38. The minimum absolute atomic E-state index is 0.223. The lowest BCUT2D eigenvalue weighted by atomic mass is 9.97. The van der Waals surface area contributed by atoms with Crippen LogP contribution in [0.1, 0.15) is 36.0 Å². The average Bonchev–Trinajstić information content (AvgIpc) is 2.70. The highest BCUT2D eigenvalue weighted by atomic mass is 16.5. The second kappa shape index (κ2) is 4.98. The van der Waals surface area contributed by atoms with Crippen LogP contribution in [-0.4, -0.2) is 36.4 Å². The Hall–Kier alpha value is -1.75. The van der Waals surface area contributed by atoms with Gasteiger partial charge in [-0.2, -0.15) is 0 Å². The smallest absolute Gasteiger partial charge is 0.340 e. The molecule has 20 heavy (non-hydrogen) atoms. The van der Waals surface area contributed by atoms with Crippen molar-refractivity contribution in [2.75, 3.05) is 17.7 Å². The van der Waals surface area contributed by atoms with Crippen molar-refractivity contribution in [2.45, 2.75) is 43.9 Å². The lowest BCUT2D eigenvalue weighted by molar-refractivity contribution is 0.0601. The van der Waals surface area contributed by atoms with E-state index in [4.69, 9.17) is 10.5 Å². The lowest BCUT2D eigenvalue weighted by Crippen LogP contribution is -2.45. The van der Waals surface area contributed by atoms with Crippen LogP contribution in [0.3, 0.4) is 0 Å². The van der Waals surface area contributed by atoms with Crippen LogP contribution in [0.4, 0.5) is 11.4 Å². The molecule has 2 aliphatic heterocycles. The van der Waals surface area contributed by atoms with Gasteiger partial charge in [0, 0.05) is 17.8 Å². The highest BCUT2D eigenvalue weighted by Crippen LogP contribution is 2.41. The monoisotopic (exact) mass is 276 g/mol. The number of aliphatic hydroxyl groups excluding tert-OH is 1. The molecular weight excluding hydrogens is 256 g/mol. The molecule has 0 radical (unpaired) electrons. The molecule has 1 aromatic carbocycles. The Kier molecular flexibility index (Phi) is 3.30. The zero-order valence-corrected chi connectivity index (χ0v) is 11.6. The van der Waals surface area contributed by atoms with Crippen molar-refractivity contribution in [3.63, 3.8) is 0 Å². The first kappa shape index (κ1) is 13.2. The van der Waals surface area contributed by atoms with E-state index in [1.54, 1.807) is 6.07 Å². The first-order valence-corrected chi connectivity index (χ1v) is 7.04. The van der Waals surface area contributed by atoms with E-state index >= 15 is 0 Å². The highest BCUT2D eigenvalue weighted by molar-refractivity contribution is 5.97. The fourth-order valence-corrected chi connectivity index (χ4v) is 3.59. The molecule has 0 spiro atoms. The SMILES string of the molecule is COC(=O)c1cc(N)ccc1N1C2CCC1CC(O)C2. The topological polar surface area (TPSA) is 75.8 Å². The average molecular weight is 276 g/mol. The van der Waals surface area contributed by atoms with E-state index in [2.05, 4.69) is 4.90 Å². The largest absolute Gasteiger partial charge is 0.465 e. The van der Waals surface area contributed by atoms with Crippen LogP contribution >= 0.6 is 0 Å². The van der Waals surface area contributed by atoms with Crippen LogP contribution in [0, 0.1) is 0 Å². The van der Waals surface area contributed by atoms with Crippen molar-refractivity contribution >= 4 is 17.3 Å². The van der Waals surface area contributed by atoms with Crippen LogP contribution in [0.2, 0.25) is 0 Å². The summed E-state index contributed by atoms with van der Waals surface area (Å²) in [6.45, 7) is 0. The van der Waals surface area contributed by atoms with Gasteiger partial charge in [0.25, 0.3) is 0 Å². The van der Waals surface area contributed by atoms with Crippen molar-refractivity contribution in [3.05, 3.63) is 23.8 Å². The Morgan fingerprint density at radius 1 is 1.35 bits per heavy atom. The summed E-state index contributed by atoms with van der Waals surface area (Å²) in [5.74, 6) is -0.363. The van der Waals surface area contributed by atoms with E-state index in [-0.39, 0.29) is 12.1 Å². The lowest BCUT2D eigenvalue weighted by Gasteiger charge is -2.39. The number of esters is 1. The predicted molar refractivity (Wildman–Crippen MR) is 76.7 cm³/mol. The molecule has 2 fully saturated rings. The molecule has 2 atom stereocenters. The van der Waals surface area contributed by atoms with Crippen LogP contribution in [0.5, 0.6) is 0 Å². The second-order valence-electron chi connectivity index (χ2n) is 5.69. The molecular formula is C15H20N2O3. The molecule has 0 amide bonds. The van der Waals surface area contributed by atoms with E-state index in [1.807, 2.05) is 12.1 Å². The maximum Gasteiger partial charge on any atom is 0.340 e. The van der Waals surface area contributed by atoms with Gasteiger partial charge in [-0.1, -0.05) is 0 Å². The number of nitrogens with two attached hydrogens (primary N) is 1. The molecule has 5 nitrogen and oxygen atoms in total. The Morgan fingerprint density at radius 3 is 2.60 bits per heavy atom. The maximum atomic E-state index is 12.0. The van der Waals surface area contributed by atoms with Gasteiger partial charge >= 0.3 is 5.97 Å². The number of methoxy groups -OCH3 is 1. The van der Waals surface area contributed by atoms with Gasteiger partial charge in [0.05, 0.1) is 24.5 Å². The predicted octanol–water partition coefficient (Wildman–Crippen LogP) is 1.55. The second-order valence-corrected chi connectivity index (χ2v) is 5.69. The molecule has 3 N–H and O–H groups in total. The first-order valence-electron chi connectivity index (χ1n) is 7.04. The molecule has 2 heterocycles. The van der Waals surface area contributed by atoms with Crippen molar-refractivity contribution in [2.24, 2.45) is 0 Å². The number of nitrogen functional groups attached to an aromatic ring is 1. The summed E-state index contributed by atoms with van der Waals surface area (Å²) in [5, 5.41) is 9.89. The Balaban J connectivity index is 2.00. The van der Waals surface area contributed by atoms with Gasteiger partial charge in [-0.25, -0.2) is 4.79 Å². The maximum absolute atomic E-state index is 12.0. The number of fused-ring (bicyclic) bond motifs is 2. The molecule has 2 unspecified atom stereocenters. The summed E-state index contributed by atoms with van der Waals surface area (Å²) in [5.41, 5.74) is 7.74. The Morgan fingerprint density at radius 2 is 2.00 bits per heavy atom. The minimum atomic E-state index is -0.363. The number of benzene rings is 1. The van der Waals surface area contributed by atoms with Crippen molar-refractivity contribution in [1.29, 1.82) is 0 Å². The summed E-state index contributed by atoms with van der Waals surface area (Å²) in [6, 6.07) is 5.98. The summed E-state index contributed by atoms with van der Waals surface area (Å²) >= 11 is 0. The molecule has 2 aliphatic rings. The number of hydrogen-bond acceptors (Lipinski definition) is 5. The highest BCUT2D eigenvalue weighted by Gasteiger charge is 2.41. The van der Waals surface area contributed by atoms with E-state index in [0.29, 0.717) is 23.3 Å². The van der Waals surface area contributed by atoms with Crippen molar-refractivity contribution in [3.8, 4) is 0 Å². The van der Waals surface area contributed by atoms with Gasteiger partial charge in [0.2, 0.25) is 0 Å². The molecule has 3 rings (SSSR count). The van der Waals surface area contributed by atoms with Gasteiger partial charge in [0.1, 0.15) is 0 Å². The fraction of sp³-hybridized carbons (Fsp3) is 0.533. The molecule has 108 valence electrons. The number of rotatable bonds is 2. The standard InChI is InChI=1S/C15H20N2O3/c1-20-15(19)13-6-9(16)2-5-14(13)17-10-3-4-11(17)8-12(18)7-10/h2,5-6,10-12,18H,3-4,7-8,16H2,1H3. The number of aliphatic hydroxyl groups is 1. The molecule has 0 saturated carbocycles. The van der Waals surface area contributed by atoms with E-state index in [9.17, 15) is 9.90 Å². The molecule has 2 saturated heterocycles. The summed E-state index contributed by atoms with van der Waals surface area (Å²) in [6.07, 6.45) is 3.43. The molecule has 0 aromatic heterocycles. The van der Waals surface area contributed by atoms with Crippen molar-refractivity contribution in [1.82, 2.24) is 0 Å². The number of carbonyl (C=O) groups excluding carboxylic acids is 1. The van der Waals surface area contributed by atoms with Gasteiger partial charge in [0.15, 0.2) is 0 Å². The fourth-order valence-electron chi connectivity index (χ4n) is 3.59.